The summed E-state index contributed by atoms with van der Waals surface area (Å²) in [6.45, 7) is -2.04. The lowest BCUT2D eigenvalue weighted by atomic mass is 9.94. The van der Waals surface area contributed by atoms with Gasteiger partial charge in [-0.05, 0) is 0 Å². The SMILES string of the molecule is CC(=O)NC1C(S)OC(CO)C(OC2OC(CO)C(OC3OC(COC4OC(CO)C(O)C(O)C4O)C(O)C(OC4OC(CO)C(O)C(O)C4O)C3O)C(O)C2NC(C)=O)C1O. The summed E-state index contributed by atoms with van der Waals surface area (Å²) in [5.41, 5.74) is -1.13. The van der Waals surface area contributed by atoms with Crippen LogP contribution < -0.4 is 10.6 Å². The van der Waals surface area contributed by atoms with Crippen molar-refractivity contribution in [1.29, 1.82) is 0 Å². The number of thiol groups is 1. The van der Waals surface area contributed by atoms with Crippen LogP contribution in [0.2, 0.25) is 0 Å². The van der Waals surface area contributed by atoms with Crippen molar-refractivity contribution < 1.29 is 124 Å². The Balaban J connectivity index is 1.41. The molecule has 5 saturated heterocycles. The van der Waals surface area contributed by atoms with E-state index in [0.29, 0.717) is 0 Å². The monoisotopic (exact) mass is 926 g/mol. The molecule has 16 N–H and O–H groups in total. The van der Waals surface area contributed by atoms with Gasteiger partial charge in [0, 0.05) is 13.8 Å². The highest BCUT2D eigenvalue weighted by Crippen LogP contribution is 2.35. The molecule has 0 aromatic carbocycles. The van der Waals surface area contributed by atoms with Crippen LogP contribution in [0.3, 0.4) is 0 Å². The van der Waals surface area contributed by atoms with Gasteiger partial charge in [0.25, 0.3) is 0 Å². The zero-order chi connectivity index (χ0) is 45.9. The van der Waals surface area contributed by atoms with E-state index in [4.69, 9.17) is 42.6 Å². The maximum absolute atomic E-state index is 12.5. The van der Waals surface area contributed by atoms with E-state index >= 15 is 0 Å². The van der Waals surface area contributed by atoms with E-state index in [1.54, 1.807) is 0 Å². The summed E-state index contributed by atoms with van der Waals surface area (Å²) >= 11 is 4.23. The molecule has 0 bridgehead atoms. The summed E-state index contributed by atoms with van der Waals surface area (Å²) in [5.74, 6) is -1.35. The third kappa shape index (κ3) is 11.1. The molecule has 5 aliphatic heterocycles. The molecule has 0 aromatic rings. The first-order valence-corrected chi connectivity index (χ1v) is 20.1. The fraction of sp³-hybridized carbons (Fsp3) is 0.941. The van der Waals surface area contributed by atoms with Crippen molar-refractivity contribution in [1.82, 2.24) is 10.6 Å². The van der Waals surface area contributed by atoms with Crippen molar-refractivity contribution in [2.75, 3.05) is 33.0 Å². The molecule has 0 aliphatic carbocycles. The van der Waals surface area contributed by atoms with Gasteiger partial charge in [0.15, 0.2) is 25.2 Å². The lowest BCUT2D eigenvalue weighted by Crippen LogP contribution is -2.70. The van der Waals surface area contributed by atoms with Gasteiger partial charge in [-0.3, -0.25) is 9.59 Å². The molecule has 5 fully saturated rings. The molecule has 5 heterocycles. The normalized spacial score (nSPS) is 49.0. The lowest BCUT2D eigenvalue weighted by Gasteiger charge is -2.50. The predicted molar refractivity (Wildman–Crippen MR) is 196 cm³/mol. The third-order valence-electron chi connectivity index (χ3n) is 11.1. The molecule has 25 atom stereocenters. The van der Waals surface area contributed by atoms with Gasteiger partial charge in [-0.2, -0.15) is 0 Å². The largest absolute Gasteiger partial charge is 0.394 e. The molecule has 0 aromatic heterocycles. The Morgan fingerprint density at radius 3 is 1.39 bits per heavy atom. The highest BCUT2D eigenvalue weighted by Gasteiger charge is 2.56. The van der Waals surface area contributed by atoms with Gasteiger partial charge in [-0.25, -0.2) is 0 Å². The number of rotatable bonds is 15. The van der Waals surface area contributed by atoms with Gasteiger partial charge in [-0.15, -0.1) is 12.6 Å². The topological polar surface area (TPSA) is 424 Å². The Hall–Kier alpha value is -1.63. The summed E-state index contributed by atoms with van der Waals surface area (Å²) in [6.07, 6.45) is -39.7. The zero-order valence-corrected chi connectivity index (χ0v) is 34.1. The second-order valence-electron chi connectivity index (χ2n) is 15.5. The maximum Gasteiger partial charge on any atom is 0.217 e. The number of ether oxygens (including phenoxy) is 9. The van der Waals surface area contributed by atoms with Gasteiger partial charge in [0.2, 0.25) is 11.8 Å². The van der Waals surface area contributed by atoms with Crippen LogP contribution in [0.1, 0.15) is 13.8 Å². The Morgan fingerprint density at radius 1 is 0.452 bits per heavy atom. The Labute approximate surface area is 357 Å². The Morgan fingerprint density at radius 2 is 0.855 bits per heavy atom. The molecule has 27 nitrogen and oxygen atoms in total. The van der Waals surface area contributed by atoms with Gasteiger partial charge >= 0.3 is 0 Å². The van der Waals surface area contributed by atoms with Crippen LogP contribution in [-0.2, 0) is 52.2 Å². The highest BCUT2D eigenvalue weighted by molar-refractivity contribution is 7.80. The van der Waals surface area contributed by atoms with Crippen molar-refractivity contribution in [3.8, 4) is 0 Å². The fourth-order valence-corrected chi connectivity index (χ4v) is 8.14. The second kappa shape index (κ2) is 22.2. The number of nitrogens with one attached hydrogen (secondary N) is 2. The van der Waals surface area contributed by atoms with Crippen molar-refractivity contribution >= 4 is 24.4 Å². The van der Waals surface area contributed by atoms with Crippen molar-refractivity contribution in [2.24, 2.45) is 0 Å². The van der Waals surface area contributed by atoms with Crippen LogP contribution in [0, 0.1) is 0 Å². The first kappa shape index (κ1) is 51.4. The van der Waals surface area contributed by atoms with Gasteiger partial charge < -0.3 is 125 Å². The summed E-state index contributed by atoms with van der Waals surface area (Å²) < 4.78 is 51.3. The van der Waals surface area contributed by atoms with Crippen LogP contribution in [0.5, 0.6) is 0 Å². The van der Waals surface area contributed by atoms with Gasteiger partial charge in [0.05, 0.1) is 39.1 Å². The van der Waals surface area contributed by atoms with Crippen molar-refractivity contribution in [2.45, 2.75) is 166 Å². The van der Waals surface area contributed by atoms with Crippen LogP contribution >= 0.6 is 12.6 Å². The van der Waals surface area contributed by atoms with E-state index in [-0.39, 0.29) is 0 Å². The minimum absolute atomic E-state index is 0.582. The molecule has 0 radical (unpaired) electrons. The third-order valence-corrected chi connectivity index (χ3v) is 11.5. The van der Waals surface area contributed by atoms with Crippen LogP contribution in [0.4, 0.5) is 0 Å². The summed E-state index contributed by atoms with van der Waals surface area (Å²) in [5, 5.41) is 153. The first-order valence-electron chi connectivity index (χ1n) is 19.6. The lowest BCUT2D eigenvalue weighted by molar-refractivity contribution is -0.383. The summed E-state index contributed by atoms with van der Waals surface area (Å²) in [4.78, 5) is 24.3. The van der Waals surface area contributed by atoms with E-state index in [1.807, 2.05) is 0 Å². The Bertz CT molecular complexity index is 1440. The zero-order valence-electron chi connectivity index (χ0n) is 33.2. The molecule has 5 aliphatic rings. The van der Waals surface area contributed by atoms with Crippen LogP contribution in [0.25, 0.3) is 0 Å². The molecule has 0 spiro atoms. The van der Waals surface area contributed by atoms with E-state index in [9.17, 15) is 81.1 Å². The molecule has 62 heavy (non-hydrogen) atoms. The maximum atomic E-state index is 12.5. The van der Waals surface area contributed by atoms with E-state index < -0.39 is 197 Å². The molecular weight excluding hydrogens is 868 g/mol. The Kier molecular flexibility index (Phi) is 18.4. The van der Waals surface area contributed by atoms with E-state index in [0.717, 1.165) is 13.8 Å². The molecule has 25 unspecified atom stereocenters. The molecule has 2 amide bonds. The quantitative estimate of drug-likeness (QED) is 0.0678. The van der Waals surface area contributed by atoms with E-state index in [2.05, 4.69) is 23.3 Å². The van der Waals surface area contributed by atoms with E-state index in [1.165, 1.54) is 0 Å². The van der Waals surface area contributed by atoms with Gasteiger partial charge in [0.1, 0.15) is 121 Å². The highest BCUT2D eigenvalue weighted by atomic mass is 32.1. The minimum Gasteiger partial charge on any atom is -0.394 e. The van der Waals surface area contributed by atoms with Crippen molar-refractivity contribution in [3.63, 3.8) is 0 Å². The summed E-state index contributed by atoms with van der Waals surface area (Å²) in [6, 6.07) is -2.84. The number of aliphatic hydroxyl groups excluding tert-OH is 14. The molecule has 360 valence electrons. The second-order valence-corrected chi connectivity index (χ2v) is 16.0. The van der Waals surface area contributed by atoms with Crippen LogP contribution in [-0.4, -0.2) is 269 Å². The summed E-state index contributed by atoms with van der Waals surface area (Å²) in [7, 11) is 0. The fourth-order valence-electron chi connectivity index (χ4n) is 7.73. The van der Waals surface area contributed by atoms with Crippen molar-refractivity contribution in [3.05, 3.63) is 0 Å². The first-order chi connectivity index (χ1) is 29.3. The van der Waals surface area contributed by atoms with Gasteiger partial charge in [-0.1, -0.05) is 0 Å². The average molecular weight is 927 g/mol. The average Bonchev–Trinajstić information content (AvgIpc) is 3.23. The number of carbonyl (C=O) groups excluding carboxylic acids is 2. The number of hydrogen-bond acceptors (Lipinski definition) is 26. The number of amides is 2. The molecule has 5 rings (SSSR count). The molecule has 0 saturated carbocycles. The molecule has 28 heteroatoms. The smallest absolute Gasteiger partial charge is 0.217 e. The van der Waals surface area contributed by atoms with Crippen LogP contribution in [0.15, 0.2) is 0 Å². The number of carbonyl (C=O) groups is 2. The molecular formula is C34H58N2O25S. The number of hydrogen-bond donors (Lipinski definition) is 17. The minimum atomic E-state index is -2.17. The standard InChI is InChI=1S/C34H58N2O25S/c1-8(41)35-15-20(46)27(12(5-39)56-30(15)59-28-13(6-40)58-34(62)16(21(28)47)36-9(2)42)60-33-26(52)29(61-32-25(51)23(49)18(44)11(4-38)55-32)19(45)14(57-33)7-53-31-24(50)22(48)17(43)10(3-37)54-31/h10-34,37-40,43-52,62H,3-7H2,1-2H3,(H,35,41)(H,36,42). The number of aliphatic hydroxyl groups is 14. The predicted octanol–water partition coefficient (Wildman–Crippen LogP) is -10.7.